The number of hydrogen-bond donors (Lipinski definition) is 1. The fourth-order valence-electron chi connectivity index (χ4n) is 1.66. The Morgan fingerprint density at radius 3 is 2.83 bits per heavy atom. The fourth-order valence-corrected chi connectivity index (χ4v) is 2.16. The van der Waals surface area contributed by atoms with Gasteiger partial charge in [-0.3, -0.25) is 4.98 Å². The SMILES string of the molecule is C[C@H](NCc1ccc(F)cc1Br)c1ccccn1. The predicted octanol–water partition coefficient (Wildman–Crippen LogP) is 3.83. The predicted molar refractivity (Wildman–Crippen MR) is 73.6 cm³/mol. The Morgan fingerprint density at radius 1 is 1.33 bits per heavy atom. The normalized spacial score (nSPS) is 12.4. The lowest BCUT2D eigenvalue weighted by atomic mass is 10.2. The van der Waals surface area contributed by atoms with Crippen molar-refractivity contribution in [3.05, 3.63) is 64.1 Å². The highest BCUT2D eigenvalue weighted by Gasteiger charge is 2.07. The molecule has 1 aromatic heterocycles. The Hall–Kier alpha value is -1.26. The van der Waals surface area contributed by atoms with Crippen LogP contribution in [0, 0.1) is 5.82 Å². The summed E-state index contributed by atoms with van der Waals surface area (Å²) in [6.45, 7) is 2.72. The molecule has 2 nitrogen and oxygen atoms in total. The van der Waals surface area contributed by atoms with Crippen molar-refractivity contribution in [2.45, 2.75) is 19.5 Å². The van der Waals surface area contributed by atoms with Crippen LogP contribution in [0.2, 0.25) is 0 Å². The molecule has 0 saturated heterocycles. The summed E-state index contributed by atoms with van der Waals surface area (Å²) in [4.78, 5) is 4.29. The smallest absolute Gasteiger partial charge is 0.124 e. The van der Waals surface area contributed by atoms with Crippen LogP contribution in [-0.2, 0) is 6.54 Å². The van der Waals surface area contributed by atoms with E-state index in [1.165, 1.54) is 12.1 Å². The van der Waals surface area contributed by atoms with Gasteiger partial charge >= 0.3 is 0 Å². The zero-order chi connectivity index (χ0) is 13.0. The number of pyridine rings is 1. The van der Waals surface area contributed by atoms with E-state index in [1.54, 1.807) is 12.3 Å². The highest BCUT2D eigenvalue weighted by Crippen LogP contribution is 2.19. The molecule has 0 bridgehead atoms. The second-order valence-electron chi connectivity index (χ2n) is 4.09. The molecule has 0 aliphatic rings. The summed E-state index contributed by atoms with van der Waals surface area (Å²) in [5.41, 5.74) is 2.02. The summed E-state index contributed by atoms with van der Waals surface area (Å²) in [5, 5.41) is 3.36. The summed E-state index contributed by atoms with van der Waals surface area (Å²) in [6.07, 6.45) is 1.78. The van der Waals surface area contributed by atoms with Gasteiger partial charge in [0.05, 0.1) is 5.69 Å². The van der Waals surface area contributed by atoms with Crippen molar-refractivity contribution in [2.24, 2.45) is 0 Å². The molecule has 4 heteroatoms. The number of hydrogen-bond acceptors (Lipinski definition) is 2. The van der Waals surface area contributed by atoms with Crippen LogP contribution in [0.15, 0.2) is 47.1 Å². The number of nitrogens with one attached hydrogen (secondary N) is 1. The Morgan fingerprint density at radius 2 is 2.17 bits per heavy atom. The van der Waals surface area contributed by atoms with Crippen LogP contribution < -0.4 is 5.32 Å². The quantitative estimate of drug-likeness (QED) is 0.928. The van der Waals surface area contributed by atoms with E-state index >= 15 is 0 Å². The lowest BCUT2D eigenvalue weighted by molar-refractivity contribution is 0.559. The third kappa shape index (κ3) is 3.37. The third-order valence-electron chi connectivity index (χ3n) is 2.75. The van der Waals surface area contributed by atoms with Gasteiger partial charge in [-0.1, -0.05) is 28.1 Å². The van der Waals surface area contributed by atoms with E-state index in [4.69, 9.17) is 0 Å². The highest BCUT2D eigenvalue weighted by molar-refractivity contribution is 9.10. The minimum atomic E-state index is -0.233. The molecule has 1 aromatic carbocycles. The van der Waals surface area contributed by atoms with E-state index in [0.717, 1.165) is 15.7 Å². The van der Waals surface area contributed by atoms with Gasteiger partial charge < -0.3 is 5.32 Å². The maximum Gasteiger partial charge on any atom is 0.124 e. The molecule has 1 heterocycles. The maximum absolute atomic E-state index is 13.0. The van der Waals surface area contributed by atoms with Crippen molar-refractivity contribution in [2.75, 3.05) is 0 Å². The topological polar surface area (TPSA) is 24.9 Å². The Bertz CT molecular complexity index is 516. The van der Waals surface area contributed by atoms with E-state index in [2.05, 4.69) is 33.2 Å². The van der Waals surface area contributed by atoms with E-state index in [9.17, 15) is 4.39 Å². The first-order valence-electron chi connectivity index (χ1n) is 5.75. The van der Waals surface area contributed by atoms with E-state index in [0.29, 0.717) is 6.54 Å². The Labute approximate surface area is 114 Å². The molecule has 2 rings (SSSR count). The largest absolute Gasteiger partial charge is 0.305 e. The minimum absolute atomic E-state index is 0.156. The average Bonchev–Trinajstić information content (AvgIpc) is 2.38. The highest BCUT2D eigenvalue weighted by atomic mass is 79.9. The molecular weight excluding hydrogens is 295 g/mol. The van der Waals surface area contributed by atoms with Crippen LogP contribution in [0.25, 0.3) is 0 Å². The van der Waals surface area contributed by atoms with Gasteiger partial charge in [0.2, 0.25) is 0 Å². The minimum Gasteiger partial charge on any atom is -0.305 e. The monoisotopic (exact) mass is 308 g/mol. The standard InChI is InChI=1S/C14H14BrFN2/c1-10(14-4-2-3-7-17-14)18-9-11-5-6-12(16)8-13(11)15/h2-8,10,18H,9H2,1H3/t10-/m0/s1. The molecule has 0 aliphatic carbocycles. The number of rotatable bonds is 4. The van der Waals surface area contributed by atoms with Gasteiger partial charge in [-0.25, -0.2) is 4.39 Å². The second kappa shape index (κ2) is 6.07. The molecule has 0 radical (unpaired) electrons. The lowest BCUT2D eigenvalue weighted by Crippen LogP contribution is -2.19. The van der Waals surface area contributed by atoms with Gasteiger partial charge in [-0.15, -0.1) is 0 Å². The molecule has 18 heavy (non-hydrogen) atoms. The molecular formula is C14H14BrFN2. The molecule has 2 aromatic rings. The molecule has 0 saturated carbocycles. The third-order valence-corrected chi connectivity index (χ3v) is 3.48. The van der Waals surface area contributed by atoms with Gasteiger partial charge in [0.15, 0.2) is 0 Å². The van der Waals surface area contributed by atoms with Crippen LogP contribution >= 0.6 is 15.9 Å². The first-order valence-corrected chi connectivity index (χ1v) is 6.54. The molecule has 0 unspecified atom stereocenters. The zero-order valence-electron chi connectivity index (χ0n) is 10.0. The Kier molecular flexibility index (Phi) is 4.44. The van der Waals surface area contributed by atoms with Crippen LogP contribution in [0.3, 0.4) is 0 Å². The maximum atomic E-state index is 13.0. The molecule has 1 atom stereocenters. The Balaban J connectivity index is 1.99. The van der Waals surface area contributed by atoms with Crippen molar-refractivity contribution in [3.8, 4) is 0 Å². The number of halogens is 2. The number of nitrogens with zero attached hydrogens (tertiary/aromatic N) is 1. The van der Waals surface area contributed by atoms with Gasteiger partial charge in [-0.2, -0.15) is 0 Å². The molecule has 0 aliphatic heterocycles. The summed E-state index contributed by atoms with van der Waals surface area (Å²) in [7, 11) is 0. The van der Waals surface area contributed by atoms with Crippen molar-refractivity contribution in [1.82, 2.24) is 10.3 Å². The molecule has 0 amide bonds. The van der Waals surface area contributed by atoms with Crippen LogP contribution in [-0.4, -0.2) is 4.98 Å². The van der Waals surface area contributed by atoms with Gasteiger partial charge in [0.25, 0.3) is 0 Å². The summed E-state index contributed by atoms with van der Waals surface area (Å²) >= 11 is 3.36. The summed E-state index contributed by atoms with van der Waals surface area (Å²) in [5.74, 6) is -0.233. The van der Waals surface area contributed by atoms with E-state index in [-0.39, 0.29) is 11.9 Å². The van der Waals surface area contributed by atoms with Crippen molar-refractivity contribution < 1.29 is 4.39 Å². The van der Waals surface area contributed by atoms with E-state index in [1.807, 2.05) is 18.2 Å². The molecule has 94 valence electrons. The first kappa shape index (κ1) is 13.2. The first-order chi connectivity index (χ1) is 8.66. The number of aromatic nitrogens is 1. The van der Waals surface area contributed by atoms with Gasteiger partial charge in [0.1, 0.15) is 5.82 Å². The van der Waals surface area contributed by atoms with Crippen LogP contribution in [0.1, 0.15) is 24.2 Å². The van der Waals surface area contributed by atoms with Gasteiger partial charge in [-0.05, 0) is 36.8 Å². The van der Waals surface area contributed by atoms with Crippen molar-refractivity contribution >= 4 is 15.9 Å². The molecule has 0 fully saturated rings. The molecule has 1 N–H and O–H groups in total. The van der Waals surface area contributed by atoms with Crippen molar-refractivity contribution in [3.63, 3.8) is 0 Å². The zero-order valence-corrected chi connectivity index (χ0v) is 11.6. The average molecular weight is 309 g/mol. The van der Waals surface area contributed by atoms with Crippen LogP contribution in [0.5, 0.6) is 0 Å². The van der Waals surface area contributed by atoms with Crippen LogP contribution in [0.4, 0.5) is 4.39 Å². The number of benzene rings is 1. The molecule has 0 spiro atoms. The fraction of sp³-hybridized carbons (Fsp3) is 0.214. The lowest BCUT2D eigenvalue weighted by Gasteiger charge is -2.14. The second-order valence-corrected chi connectivity index (χ2v) is 4.95. The summed E-state index contributed by atoms with van der Waals surface area (Å²) in [6, 6.07) is 10.7. The summed E-state index contributed by atoms with van der Waals surface area (Å²) < 4.78 is 13.7. The van der Waals surface area contributed by atoms with E-state index < -0.39 is 0 Å². The van der Waals surface area contributed by atoms with Crippen molar-refractivity contribution in [1.29, 1.82) is 0 Å². The van der Waals surface area contributed by atoms with Gasteiger partial charge in [0, 0.05) is 23.3 Å².